The van der Waals surface area contributed by atoms with E-state index in [0.29, 0.717) is 0 Å². The minimum atomic E-state index is -5.08. The molecule has 4 rings (SSSR count). The number of carbonyl (C=O) groups is 2. The standard InChI is InChI=1S/C22H25N3OS.C2HF3O2/c1-15-20(18-8-12-24-13-9-18)14-21(27-15)22(26)25-19-4-2-16(3-5-19)17-6-10-23-11-7-17;3-2(4,5)1(6)7/h2-6,8,14,23-24H,7,9-13H2,1H3,(H,25,26);(H,6,7). The van der Waals surface area contributed by atoms with Crippen molar-refractivity contribution < 1.29 is 27.9 Å². The summed E-state index contributed by atoms with van der Waals surface area (Å²) in [4.78, 5) is 23.6. The van der Waals surface area contributed by atoms with Gasteiger partial charge in [-0.1, -0.05) is 24.3 Å². The smallest absolute Gasteiger partial charge is 0.475 e. The van der Waals surface area contributed by atoms with Crippen molar-refractivity contribution in [2.24, 2.45) is 0 Å². The van der Waals surface area contributed by atoms with E-state index in [4.69, 9.17) is 9.90 Å². The van der Waals surface area contributed by atoms with Crippen LogP contribution in [0.3, 0.4) is 0 Å². The van der Waals surface area contributed by atoms with Crippen LogP contribution in [0.25, 0.3) is 11.1 Å². The Morgan fingerprint density at radius 2 is 1.56 bits per heavy atom. The molecular formula is C24H26F3N3O3S. The van der Waals surface area contributed by atoms with Crippen LogP contribution < -0.4 is 16.0 Å². The van der Waals surface area contributed by atoms with E-state index in [0.717, 1.165) is 49.6 Å². The number of aryl methyl sites for hydroxylation is 1. The molecule has 0 aliphatic carbocycles. The van der Waals surface area contributed by atoms with Gasteiger partial charge in [0.25, 0.3) is 5.91 Å². The van der Waals surface area contributed by atoms with Crippen molar-refractivity contribution in [2.75, 3.05) is 31.5 Å². The largest absolute Gasteiger partial charge is 0.490 e. The fourth-order valence-electron chi connectivity index (χ4n) is 3.63. The van der Waals surface area contributed by atoms with Gasteiger partial charge in [-0.25, -0.2) is 4.79 Å². The van der Waals surface area contributed by atoms with E-state index < -0.39 is 12.1 Å². The zero-order valence-electron chi connectivity index (χ0n) is 18.6. The number of aliphatic carboxylic acids is 1. The average Bonchev–Trinajstić information content (AvgIpc) is 3.22. The second-order valence-corrected chi connectivity index (χ2v) is 9.04. The third-order valence-electron chi connectivity index (χ3n) is 5.37. The Balaban J connectivity index is 0.000000406. The molecule has 0 radical (unpaired) electrons. The lowest BCUT2D eigenvalue weighted by Crippen LogP contribution is -2.21. The molecule has 0 fully saturated rings. The molecule has 1 amide bonds. The van der Waals surface area contributed by atoms with Gasteiger partial charge in [0.1, 0.15) is 0 Å². The number of halogens is 3. The molecule has 34 heavy (non-hydrogen) atoms. The molecule has 6 nitrogen and oxygen atoms in total. The van der Waals surface area contributed by atoms with Gasteiger partial charge in [-0.15, -0.1) is 11.3 Å². The van der Waals surface area contributed by atoms with E-state index in [1.165, 1.54) is 27.2 Å². The van der Waals surface area contributed by atoms with E-state index in [-0.39, 0.29) is 5.91 Å². The van der Waals surface area contributed by atoms with Crippen molar-refractivity contribution in [3.05, 3.63) is 63.4 Å². The van der Waals surface area contributed by atoms with Crippen LogP contribution in [0, 0.1) is 6.92 Å². The number of amides is 1. The third-order valence-corrected chi connectivity index (χ3v) is 6.42. The lowest BCUT2D eigenvalue weighted by Gasteiger charge is -2.14. The highest BCUT2D eigenvalue weighted by Crippen LogP contribution is 2.31. The first kappa shape index (κ1) is 25.7. The molecule has 0 bridgehead atoms. The minimum absolute atomic E-state index is 0.0299. The number of alkyl halides is 3. The molecule has 0 saturated carbocycles. The van der Waals surface area contributed by atoms with Crippen LogP contribution in [0.1, 0.15) is 38.5 Å². The van der Waals surface area contributed by atoms with Crippen LogP contribution in [0.5, 0.6) is 0 Å². The fourth-order valence-corrected chi connectivity index (χ4v) is 4.58. The van der Waals surface area contributed by atoms with Crippen LogP contribution in [-0.4, -0.2) is 49.3 Å². The summed E-state index contributed by atoms with van der Waals surface area (Å²) in [6.45, 7) is 5.96. The van der Waals surface area contributed by atoms with Crippen molar-refractivity contribution in [3.63, 3.8) is 0 Å². The van der Waals surface area contributed by atoms with Crippen LogP contribution >= 0.6 is 11.3 Å². The van der Waals surface area contributed by atoms with Gasteiger partial charge < -0.3 is 21.1 Å². The second kappa shape index (κ2) is 11.5. The molecule has 0 saturated heterocycles. The molecule has 2 aliphatic heterocycles. The summed E-state index contributed by atoms with van der Waals surface area (Å²) in [5.41, 5.74) is 6.02. The van der Waals surface area contributed by atoms with Gasteiger partial charge in [0.05, 0.1) is 4.88 Å². The average molecular weight is 494 g/mol. The van der Waals surface area contributed by atoms with Crippen molar-refractivity contribution in [2.45, 2.75) is 25.9 Å². The number of hydrogen-bond acceptors (Lipinski definition) is 5. The maximum Gasteiger partial charge on any atom is 0.490 e. The summed E-state index contributed by atoms with van der Waals surface area (Å²) in [5.74, 6) is -2.79. The first-order valence-electron chi connectivity index (χ1n) is 10.8. The molecule has 0 unspecified atom stereocenters. The zero-order valence-corrected chi connectivity index (χ0v) is 19.4. The number of nitrogens with one attached hydrogen (secondary N) is 3. The molecule has 1 aromatic heterocycles. The van der Waals surface area contributed by atoms with E-state index in [1.54, 1.807) is 11.3 Å². The quantitative estimate of drug-likeness (QED) is 0.496. The minimum Gasteiger partial charge on any atom is -0.475 e. The van der Waals surface area contributed by atoms with E-state index in [9.17, 15) is 18.0 Å². The lowest BCUT2D eigenvalue weighted by molar-refractivity contribution is -0.192. The number of benzene rings is 1. The maximum atomic E-state index is 12.7. The second-order valence-electron chi connectivity index (χ2n) is 7.78. The topological polar surface area (TPSA) is 90.5 Å². The SMILES string of the molecule is Cc1sc(C(=O)Nc2ccc(C3=CCNCC3)cc2)cc1C1=CCNCC1.O=C(O)C(F)(F)F. The van der Waals surface area contributed by atoms with E-state index in [1.807, 2.05) is 18.2 Å². The van der Waals surface area contributed by atoms with Crippen molar-refractivity contribution in [1.82, 2.24) is 10.6 Å². The van der Waals surface area contributed by atoms with Crippen LogP contribution in [-0.2, 0) is 4.79 Å². The fraction of sp³-hybridized carbons (Fsp3) is 0.333. The Hall–Kier alpha value is -2.95. The molecule has 2 aliphatic rings. The number of carbonyl (C=O) groups excluding carboxylic acids is 1. The number of anilines is 1. The lowest BCUT2D eigenvalue weighted by atomic mass is 10.00. The molecule has 4 N–H and O–H groups in total. The Bertz CT molecular complexity index is 1090. The Kier molecular flexibility index (Phi) is 8.65. The predicted octanol–water partition coefficient (Wildman–Crippen LogP) is 4.70. The number of thiophene rings is 1. The van der Waals surface area contributed by atoms with Gasteiger partial charge in [-0.3, -0.25) is 4.79 Å². The maximum absolute atomic E-state index is 12.7. The van der Waals surface area contributed by atoms with Gasteiger partial charge in [0.2, 0.25) is 0 Å². The molecule has 182 valence electrons. The van der Waals surface area contributed by atoms with Crippen LogP contribution in [0.4, 0.5) is 18.9 Å². The third kappa shape index (κ3) is 7.02. The van der Waals surface area contributed by atoms with Gasteiger partial charge in [0.15, 0.2) is 0 Å². The van der Waals surface area contributed by atoms with Gasteiger partial charge in [0, 0.05) is 23.7 Å². The summed E-state index contributed by atoms with van der Waals surface area (Å²) in [5, 5.41) is 16.8. The predicted molar refractivity (Wildman–Crippen MR) is 128 cm³/mol. The van der Waals surface area contributed by atoms with Crippen LogP contribution in [0.2, 0.25) is 0 Å². The number of carboxylic acids is 1. The highest BCUT2D eigenvalue weighted by molar-refractivity contribution is 7.14. The highest BCUT2D eigenvalue weighted by atomic mass is 32.1. The van der Waals surface area contributed by atoms with Gasteiger partial charge in [-0.2, -0.15) is 13.2 Å². The Morgan fingerprint density at radius 3 is 2.06 bits per heavy atom. The number of rotatable bonds is 4. The van der Waals surface area contributed by atoms with Crippen LogP contribution in [0.15, 0.2) is 42.5 Å². The molecule has 10 heteroatoms. The summed E-state index contributed by atoms with van der Waals surface area (Å²) in [6.07, 6.45) is 1.46. The molecule has 1 aromatic carbocycles. The van der Waals surface area contributed by atoms with Crippen molar-refractivity contribution in [3.8, 4) is 0 Å². The normalized spacial score (nSPS) is 16.0. The molecule has 0 atom stereocenters. The molecule has 0 spiro atoms. The van der Waals surface area contributed by atoms with Gasteiger partial charge in [-0.05, 0) is 73.3 Å². The highest BCUT2D eigenvalue weighted by Gasteiger charge is 2.38. The molecular weight excluding hydrogens is 467 g/mol. The van der Waals surface area contributed by atoms with Gasteiger partial charge >= 0.3 is 12.1 Å². The summed E-state index contributed by atoms with van der Waals surface area (Å²) in [7, 11) is 0. The van der Waals surface area contributed by atoms with E-state index in [2.05, 4.69) is 47.2 Å². The number of carboxylic acid groups (broad SMARTS) is 1. The molecule has 3 heterocycles. The van der Waals surface area contributed by atoms with Crippen molar-refractivity contribution in [1.29, 1.82) is 0 Å². The summed E-state index contributed by atoms with van der Waals surface area (Å²) >= 11 is 1.57. The van der Waals surface area contributed by atoms with Crippen molar-refractivity contribution >= 4 is 40.0 Å². The molecule has 2 aromatic rings. The van der Waals surface area contributed by atoms with E-state index >= 15 is 0 Å². The summed E-state index contributed by atoms with van der Waals surface area (Å²) in [6, 6.07) is 10.2. The summed E-state index contributed by atoms with van der Waals surface area (Å²) < 4.78 is 31.7. The number of hydrogen-bond donors (Lipinski definition) is 4. The monoisotopic (exact) mass is 493 g/mol. The first-order chi connectivity index (χ1) is 16.1. The Morgan fingerprint density at radius 1 is 1.00 bits per heavy atom. The Labute approximate surface area is 199 Å². The zero-order chi connectivity index (χ0) is 24.7. The first-order valence-corrected chi connectivity index (χ1v) is 11.6.